The molecular weight excluding hydrogens is 222 g/mol. The van der Waals surface area contributed by atoms with Crippen LogP contribution in [0.3, 0.4) is 0 Å². The topological polar surface area (TPSA) is 82.5 Å². The van der Waals surface area contributed by atoms with Crippen molar-refractivity contribution in [2.75, 3.05) is 20.2 Å². The molecule has 1 aromatic heterocycles. The van der Waals surface area contributed by atoms with E-state index < -0.39 is 11.8 Å². The maximum atomic E-state index is 11.4. The highest BCUT2D eigenvalue weighted by Crippen LogP contribution is 1.94. The number of nitrogens with zero attached hydrogens (tertiary/aromatic N) is 2. The van der Waals surface area contributed by atoms with Crippen LogP contribution in [0.25, 0.3) is 0 Å². The second kappa shape index (κ2) is 6.59. The van der Waals surface area contributed by atoms with Crippen molar-refractivity contribution < 1.29 is 14.7 Å². The van der Waals surface area contributed by atoms with E-state index in [1.807, 2.05) is 0 Å². The van der Waals surface area contributed by atoms with E-state index in [-0.39, 0.29) is 19.7 Å². The number of aliphatic hydroxyl groups is 1. The fraction of sp³-hybridized carbons (Fsp3) is 0.364. The van der Waals surface area contributed by atoms with E-state index in [0.717, 1.165) is 5.56 Å². The van der Waals surface area contributed by atoms with Gasteiger partial charge >= 0.3 is 11.8 Å². The fourth-order valence-corrected chi connectivity index (χ4v) is 1.19. The Labute approximate surface area is 99.3 Å². The van der Waals surface area contributed by atoms with Gasteiger partial charge in [0.25, 0.3) is 0 Å². The third kappa shape index (κ3) is 4.20. The largest absolute Gasteiger partial charge is 0.395 e. The summed E-state index contributed by atoms with van der Waals surface area (Å²) in [6.45, 7) is 0.225. The van der Waals surface area contributed by atoms with E-state index in [1.54, 1.807) is 24.5 Å². The Morgan fingerprint density at radius 3 is 2.88 bits per heavy atom. The first-order valence-electron chi connectivity index (χ1n) is 5.18. The highest BCUT2D eigenvalue weighted by molar-refractivity contribution is 6.34. The predicted octanol–water partition coefficient (Wildman–Crippen LogP) is -0.851. The Bertz CT molecular complexity index is 381. The van der Waals surface area contributed by atoms with Gasteiger partial charge < -0.3 is 15.3 Å². The zero-order valence-electron chi connectivity index (χ0n) is 9.59. The molecule has 0 bridgehead atoms. The van der Waals surface area contributed by atoms with Gasteiger partial charge in [0.2, 0.25) is 0 Å². The number of hydrogen-bond acceptors (Lipinski definition) is 4. The van der Waals surface area contributed by atoms with Crippen LogP contribution in [0.2, 0.25) is 0 Å². The highest BCUT2D eigenvalue weighted by atomic mass is 16.3. The molecule has 6 heteroatoms. The molecule has 1 rings (SSSR count). The number of aromatic nitrogens is 1. The minimum Gasteiger partial charge on any atom is -0.395 e. The molecule has 0 aromatic carbocycles. The summed E-state index contributed by atoms with van der Waals surface area (Å²) in [5.74, 6) is -1.35. The molecule has 0 spiro atoms. The number of rotatable bonds is 4. The molecule has 0 fully saturated rings. The third-order valence-corrected chi connectivity index (χ3v) is 2.15. The van der Waals surface area contributed by atoms with E-state index in [9.17, 15) is 9.59 Å². The van der Waals surface area contributed by atoms with Gasteiger partial charge in [-0.3, -0.25) is 14.6 Å². The Kier molecular flexibility index (Phi) is 5.09. The molecule has 2 amide bonds. The van der Waals surface area contributed by atoms with Gasteiger partial charge in [-0.05, 0) is 11.6 Å². The van der Waals surface area contributed by atoms with Crippen molar-refractivity contribution in [1.82, 2.24) is 15.2 Å². The van der Waals surface area contributed by atoms with Crippen molar-refractivity contribution >= 4 is 11.8 Å². The van der Waals surface area contributed by atoms with E-state index in [0.29, 0.717) is 0 Å². The normalized spacial score (nSPS) is 9.76. The molecule has 1 aromatic rings. The average molecular weight is 237 g/mol. The maximum absolute atomic E-state index is 11.4. The summed E-state index contributed by atoms with van der Waals surface area (Å²) in [5, 5.41) is 11.1. The van der Waals surface area contributed by atoms with E-state index in [2.05, 4.69) is 10.3 Å². The summed E-state index contributed by atoms with van der Waals surface area (Å²) < 4.78 is 0. The molecule has 0 saturated carbocycles. The Hall–Kier alpha value is -1.95. The molecule has 0 aliphatic rings. The second-order valence-corrected chi connectivity index (χ2v) is 3.49. The first kappa shape index (κ1) is 13.1. The van der Waals surface area contributed by atoms with Crippen molar-refractivity contribution in [3.8, 4) is 0 Å². The van der Waals surface area contributed by atoms with Crippen LogP contribution in [-0.4, -0.2) is 47.0 Å². The summed E-state index contributed by atoms with van der Waals surface area (Å²) in [7, 11) is 1.46. The minimum absolute atomic E-state index is 0.138. The number of aliphatic hydroxyl groups excluding tert-OH is 1. The Morgan fingerprint density at radius 2 is 2.29 bits per heavy atom. The lowest BCUT2D eigenvalue weighted by molar-refractivity contribution is -0.145. The lowest BCUT2D eigenvalue weighted by Gasteiger charge is -2.14. The van der Waals surface area contributed by atoms with E-state index >= 15 is 0 Å². The number of amides is 2. The second-order valence-electron chi connectivity index (χ2n) is 3.49. The molecule has 6 nitrogen and oxygen atoms in total. The van der Waals surface area contributed by atoms with Crippen LogP contribution >= 0.6 is 0 Å². The SMILES string of the molecule is CN(CCO)C(=O)C(=O)NCc1cccnc1. The zero-order chi connectivity index (χ0) is 12.7. The summed E-state index contributed by atoms with van der Waals surface area (Å²) >= 11 is 0. The van der Waals surface area contributed by atoms with Crippen LogP contribution in [0.1, 0.15) is 5.56 Å². The minimum atomic E-state index is -0.690. The molecule has 1 heterocycles. The van der Waals surface area contributed by atoms with Gasteiger partial charge in [0.15, 0.2) is 0 Å². The molecule has 0 unspecified atom stereocenters. The molecule has 0 atom stereocenters. The zero-order valence-corrected chi connectivity index (χ0v) is 9.59. The van der Waals surface area contributed by atoms with Gasteiger partial charge in [-0.1, -0.05) is 6.07 Å². The monoisotopic (exact) mass is 237 g/mol. The summed E-state index contributed by atoms with van der Waals surface area (Å²) in [5.41, 5.74) is 0.818. The number of carbonyl (C=O) groups is 2. The molecule has 92 valence electrons. The van der Waals surface area contributed by atoms with Crippen molar-refractivity contribution in [2.24, 2.45) is 0 Å². The van der Waals surface area contributed by atoms with Crippen LogP contribution in [0, 0.1) is 0 Å². The van der Waals surface area contributed by atoms with Crippen LogP contribution in [0.5, 0.6) is 0 Å². The predicted molar refractivity (Wildman–Crippen MR) is 60.8 cm³/mol. The molecule has 0 aliphatic carbocycles. The number of carbonyl (C=O) groups excluding carboxylic acids is 2. The molecule has 2 N–H and O–H groups in total. The molecule has 0 radical (unpaired) electrons. The first-order valence-corrected chi connectivity index (χ1v) is 5.18. The van der Waals surface area contributed by atoms with Gasteiger partial charge in [-0.25, -0.2) is 0 Å². The van der Waals surface area contributed by atoms with Crippen LogP contribution < -0.4 is 5.32 Å². The molecule has 0 saturated heterocycles. The van der Waals surface area contributed by atoms with Crippen molar-refractivity contribution in [3.05, 3.63) is 30.1 Å². The van der Waals surface area contributed by atoms with Crippen molar-refractivity contribution in [3.63, 3.8) is 0 Å². The smallest absolute Gasteiger partial charge is 0.311 e. The van der Waals surface area contributed by atoms with Gasteiger partial charge in [-0.2, -0.15) is 0 Å². The maximum Gasteiger partial charge on any atom is 0.311 e. The van der Waals surface area contributed by atoms with Gasteiger partial charge in [0.1, 0.15) is 0 Å². The lowest BCUT2D eigenvalue weighted by atomic mass is 10.3. The van der Waals surface area contributed by atoms with E-state index in [1.165, 1.54) is 11.9 Å². The first-order chi connectivity index (χ1) is 8.15. The summed E-state index contributed by atoms with van der Waals surface area (Å²) in [4.78, 5) is 27.9. The standard InChI is InChI=1S/C11H15N3O3/c1-14(5-6-15)11(17)10(16)13-8-9-3-2-4-12-7-9/h2-4,7,15H,5-6,8H2,1H3,(H,13,16). The number of pyridine rings is 1. The fourth-order valence-electron chi connectivity index (χ4n) is 1.19. The number of hydrogen-bond donors (Lipinski definition) is 2. The van der Waals surface area contributed by atoms with Gasteiger partial charge in [0, 0.05) is 32.5 Å². The molecule has 0 aliphatic heterocycles. The third-order valence-electron chi connectivity index (χ3n) is 2.15. The Morgan fingerprint density at radius 1 is 1.53 bits per heavy atom. The van der Waals surface area contributed by atoms with Gasteiger partial charge in [-0.15, -0.1) is 0 Å². The summed E-state index contributed by atoms with van der Waals surface area (Å²) in [6, 6.07) is 3.55. The van der Waals surface area contributed by atoms with Crippen LogP contribution in [0.4, 0.5) is 0 Å². The van der Waals surface area contributed by atoms with Crippen LogP contribution in [-0.2, 0) is 16.1 Å². The van der Waals surface area contributed by atoms with Gasteiger partial charge in [0.05, 0.1) is 6.61 Å². The van der Waals surface area contributed by atoms with Crippen LogP contribution in [0.15, 0.2) is 24.5 Å². The lowest BCUT2D eigenvalue weighted by Crippen LogP contribution is -2.41. The van der Waals surface area contributed by atoms with Crippen molar-refractivity contribution in [2.45, 2.75) is 6.54 Å². The number of nitrogens with one attached hydrogen (secondary N) is 1. The number of likely N-dealkylation sites (N-methyl/N-ethyl adjacent to an activating group) is 1. The average Bonchev–Trinajstić information content (AvgIpc) is 2.36. The van der Waals surface area contributed by atoms with E-state index in [4.69, 9.17) is 5.11 Å². The quantitative estimate of drug-likeness (QED) is 0.668. The molecule has 17 heavy (non-hydrogen) atoms. The van der Waals surface area contributed by atoms with Crippen molar-refractivity contribution in [1.29, 1.82) is 0 Å². The Balaban J connectivity index is 2.42. The highest BCUT2D eigenvalue weighted by Gasteiger charge is 2.17. The summed E-state index contributed by atoms with van der Waals surface area (Å²) in [6.07, 6.45) is 3.24. The molecular formula is C11H15N3O3.